The summed E-state index contributed by atoms with van der Waals surface area (Å²) in [4.78, 5) is 19.0. The van der Waals surface area contributed by atoms with Crippen molar-refractivity contribution in [2.75, 3.05) is 52.3 Å². The second kappa shape index (κ2) is 14.8. The number of hydrogen-bond donors (Lipinski definition) is 3. The lowest BCUT2D eigenvalue weighted by Crippen LogP contribution is -2.41. The first-order valence-corrected chi connectivity index (χ1v) is 10.6. The molecule has 164 valence electrons. The summed E-state index contributed by atoms with van der Waals surface area (Å²) in [6, 6.07) is 7.87. The summed E-state index contributed by atoms with van der Waals surface area (Å²) in [6.07, 6.45) is 1.86. The molecule has 1 unspecified atom stereocenters. The third kappa shape index (κ3) is 10.9. The molecule has 0 aliphatic carbocycles. The van der Waals surface area contributed by atoms with Gasteiger partial charge in [-0.2, -0.15) is 0 Å². The Morgan fingerprint density at radius 1 is 1.24 bits per heavy atom. The van der Waals surface area contributed by atoms with Crippen molar-refractivity contribution in [2.45, 2.75) is 40.2 Å². The first-order chi connectivity index (χ1) is 14.0. The van der Waals surface area contributed by atoms with E-state index in [1.165, 1.54) is 0 Å². The van der Waals surface area contributed by atoms with Crippen LogP contribution in [0, 0.1) is 5.92 Å². The molecule has 0 heterocycles. The van der Waals surface area contributed by atoms with Gasteiger partial charge in [-0.05, 0) is 44.5 Å². The minimum Gasteiger partial charge on any atom is -0.385 e. The summed E-state index contributed by atoms with van der Waals surface area (Å²) in [7, 11) is 3.84. The first kappa shape index (κ1) is 24.9. The molecule has 1 amide bonds. The largest absolute Gasteiger partial charge is 0.385 e. The molecule has 0 fully saturated rings. The van der Waals surface area contributed by atoms with Crippen molar-refractivity contribution in [1.82, 2.24) is 15.5 Å². The van der Waals surface area contributed by atoms with Gasteiger partial charge in [-0.15, -0.1) is 0 Å². The van der Waals surface area contributed by atoms with E-state index < -0.39 is 0 Å². The fourth-order valence-corrected chi connectivity index (χ4v) is 2.67. The molecular weight excluding hydrogens is 366 g/mol. The van der Waals surface area contributed by atoms with Crippen LogP contribution in [0.4, 0.5) is 5.69 Å². The summed E-state index contributed by atoms with van der Waals surface area (Å²) >= 11 is 0. The van der Waals surface area contributed by atoms with E-state index >= 15 is 0 Å². The molecule has 3 N–H and O–H groups in total. The molecule has 1 aromatic carbocycles. The summed E-state index contributed by atoms with van der Waals surface area (Å²) in [6.45, 7) is 10.9. The van der Waals surface area contributed by atoms with Crippen LogP contribution in [-0.4, -0.2) is 63.7 Å². The van der Waals surface area contributed by atoms with Gasteiger partial charge < -0.3 is 25.6 Å². The highest BCUT2D eigenvalue weighted by molar-refractivity contribution is 5.92. The Kier molecular flexibility index (Phi) is 12.7. The number of likely N-dealkylation sites (N-methyl/N-ethyl adjacent to an activating group) is 1. The number of amides is 1. The Morgan fingerprint density at radius 2 is 2.03 bits per heavy atom. The third-order valence-corrected chi connectivity index (χ3v) is 4.69. The molecule has 1 aromatic rings. The zero-order valence-corrected chi connectivity index (χ0v) is 18.8. The number of aliphatic imine (C=N–C) groups is 1. The van der Waals surface area contributed by atoms with Crippen LogP contribution in [0.15, 0.2) is 29.3 Å². The maximum Gasteiger partial charge on any atom is 0.227 e. The lowest BCUT2D eigenvalue weighted by Gasteiger charge is -2.18. The topological polar surface area (TPSA) is 78.0 Å². The quantitative estimate of drug-likeness (QED) is 0.267. The van der Waals surface area contributed by atoms with E-state index in [9.17, 15) is 4.79 Å². The van der Waals surface area contributed by atoms with Gasteiger partial charge in [-0.1, -0.05) is 26.0 Å². The minimum absolute atomic E-state index is 0.00821. The Hall–Kier alpha value is -2.12. The number of benzene rings is 1. The maximum atomic E-state index is 12.1. The number of rotatable bonds is 13. The Balaban J connectivity index is 2.55. The zero-order chi connectivity index (χ0) is 21.5. The number of methoxy groups -OCH3 is 1. The Morgan fingerprint density at radius 3 is 2.72 bits per heavy atom. The molecule has 0 saturated carbocycles. The molecule has 29 heavy (non-hydrogen) atoms. The van der Waals surface area contributed by atoms with Gasteiger partial charge in [0.15, 0.2) is 5.96 Å². The second-order valence-electron chi connectivity index (χ2n) is 7.27. The number of ether oxygens (including phenoxy) is 1. The molecule has 7 nitrogen and oxygen atoms in total. The molecule has 0 radical (unpaired) electrons. The van der Waals surface area contributed by atoms with Gasteiger partial charge in [0.25, 0.3) is 0 Å². The van der Waals surface area contributed by atoms with Crippen molar-refractivity contribution in [3.63, 3.8) is 0 Å². The van der Waals surface area contributed by atoms with Crippen LogP contribution in [-0.2, 0) is 16.1 Å². The fraction of sp³-hybridized carbons (Fsp3) is 0.636. The molecule has 0 aromatic heterocycles. The van der Waals surface area contributed by atoms with Gasteiger partial charge in [0.1, 0.15) is 0 Å². The third-order valence-electron chi connectivity index (χ3n) is 4.69. The molecule has 0 bridgehead atoms. The number of guanidine groups is 1. The standard InChI is InChI=1S/C22H39N5O2/c1-6-18(3)21(28)26-20-11-8-10-19(16-20)17-25-22(23-7-2)24-12-14-27(4)13-9-15-29-5/h8,10-11,16,18H,6-7,9,12-15,17H2,1-5H3,(H,26,28)(H2,23,24,25). The van der Waals surface area contributed by atoms with Gasteiger partial charge in [0.2, 0.25) is 5.91 Å². The minimum atomic E-state index is 0.00821. The maximum absolute atomic E-state index is 12.1. The van der Waals surface area contributed by atoms with Crippen LogP contribution in [0.25, 0.3) is 0 Å². The van der Waals surface area contributed by atoms with E-state index in [1.807, 2.05) is 38.1 Å². The average Bonchev–Trinajstić information content (AvgIpc) is 2.71. The highest BCUT2D eigenvalue weighted by Gasteiger charge is 2.10. The molecule has 0 aliphatic heterocycles. The molecule has 7 heteroatoms. The molecular formula is C22H39N5O2. The van der Waals surface area contributed by atoms with Crippen molar-refractivity contribution < 1.29 is 9.53 Å². The number of carbonyl (C=O) groups excluding carboxylic acids is 1. The normalized spacial score (nSPS) is 12.7. The predicted molar refractivity (Wildman–Crippen MR) is 121 cm³/mol. The predicted octanol–water partition coefficient (Wildman–Crippen LogP) is 2.69. The van der Waals surface area contributed by atoms with E-state index in [0.717, 1.165) is 62.8 Å². The summed E-state index contributed by atoms with van der Waals surface area (Å²) in [5.74, 6) is 0.860. The number of anilines is 1. The SMILES string of the molecule is CCNC(=NCc1cccc(NC(=O)C(C)CC)c1)NCCN(C)CCCOC. The van der Waals surface area contributed by atoms with Gasteiger partial charge in [0.05, 0.1) is 6.54 Å². The Bertz CT molecular complexity index is 621. The highest BCUT2D eigenvalue weighted by atomic mass is 16.5. The van der Waals surface area contributed by atoms with Gasteiger partial charge in [-0.3, -0.25) is 4.79 Å². The van der Waals surface area contributed by atoms with Crippen molar-refractivity contribution in [1.29, 1.82) is 0 Å². The van der Waals surface area contributed by atoms with Crippen LogP contribution in [0.3, 0.4) is 0 Å². The van der Waals surface area contributed by atoms with Gasteiger partial charge in [-0.25, -0.2) is 4.99 Å². The number of carbonyl (C=O) groups is 1. The average molecular weight is 406 g/mol. The molecule has 0 spiro atoms. The van der Waals surface area contributed by atoms with Crippen LogP contribution in [0.2, 0.25) is 0 Å². The van der Waals surface area contributed by atoms with Crippen LogP contribution in [0.1, 0.15) is 39.2 Å². The molecule has 0 aliphatic rings. The monoisotopic (exact) mass is 405 g/mol. The highest BCUT2D eigenvalue weighted by Crippen LogP contribution is 2.13. The smallest absolute Gasteiger partial charge is 0.227 e. The molecule has 0 saturated heterocycles. The van der Waals surface area contributed by atoms with Gasteiger partial charge >= 0.3 is 0 Å². The number of hydrogen-bond acceptors (Lipinski definition) is 4. The van der Waals surface area contributed by atoms with Crippen LogP contribution < -0.4 is 16.0 Å². The summed E-state index contributed by atoms with van der Waals surface area (Å²) < 4.78 is 5.09. The van der Waals surface area contributed by atoms with E-state index in [4.69, 9.17) is 4.74 Å². The summed E-state index contributed by atoms with van der Waals surface area (Å²) in [5, 5.41) is 9.64. The molecule has 1 rings (SSSR count). The van der Waals surface area contributed by atoms with E-state index in [2.05, 4.69) is 39.8 Å². The number of nitrogens with one attached hydrogen (secondary N) is 3. The van der Waals surface area contributed by atoms with Crippen LogP contribution in [0.5, 0.6) is 0 Å². The number of nitrogens with zero attached hydrogens (tertiary/aromatic N) is 2. The fourth-order valence-electron chi connectivity index (χ4n) is 2.67. The summed E-state index contributed by atoms with van der Waals surface area (Å²) in [5.41, 5.74) is 1.87. The van der Waals surface area contributed by atoms with E-state index in [-0.39, 0.29) is 11.8 Å². The molecule has 1 atom stereocenters. The van der Waals surface area contributed by atoms with E-state index in [1.54, 1.807) is 7.11 Å². The Labute approximate surface area is 176 Å². The van der Waals surface area contributed by atoms with E-state index in [0.29, 0.717) is 6.54 Å². The first-order valence-electron chi connectivity index (χ1n) is 10.6. The van der Waals surface area contributed by atoms with Crippen molar-refractivity contribution >= 4 is 17.6 Å². The van der Waals surface area contributed by atoms with Crippen molar-refractivity contribution in [3.8, 4) is 0 Å². The van der Waals surface area contributed by atoms with Crippen LogP contribution >= 0.6 is 0 Å². The van der Waals surface area contributed by atoms with Gasteiger partial charge in [0, 0.05) is 51.5 Å². The van der Waals surface area contributed by atoms with Crippen molar-refractivity contribution in [2.24, 2.45) is 10.9 Å². The second-order valence-corrected chi connectivity index (χ2v) is 7.27. The zero-order valence-electron chi connectivity index (χ0n) is 18.8. The lowest BCUT2D eigenvalue weighted by molar-refractivity contribution is -0.119. The lowest BCUT2D eigenvalue weighted by atomic mass is 10.1. The van der Waals surface area contributed by atoms with Crippen molar-refractivity contribution in [3.05, 3.63) is 29.8 Å².